The highest BCUT2D eigenvalue weighted by molar-refractivity contribution is 5.29. The first-order valence-electron chi connectivity index (χ1n) is 4.70. The van der Waals surface area contributed by atoms with Crippen molar-refractivity contribution in [1.82, 2.24) is 4.98 Å². The highest BCUT2D eigenvalue weighted by Gasteiger charge is 2.38. The van der Waals surface area contributed by atoms with Gasteiger partial charge in [0.2, 0.25) is 0 Å². The van der Waals surface area contributed by atoms with Gasteiger partial charge in [-0.3, -0.25) is 4.98 Å². The smallest absolute Gasteiger partial charge is 0.125 e. The molecule has 1 aliphatic heterocycles. The first kappa shape index (κ1) is 9.17. The second-order valence-electron chi connectivity index (χ2n) is 3.66. The zero-order valence-corrected chi connectivity index (χ0v) is 8.16. The Morgan fingerprint density at radius 2 is 2.43 bits per heavy atom. The summed E-state index contributed by atoms with van der Waals surface area (Å²) in [5, 5.41) is 9.19. The van der Waals surface area contributed by atoms with Gasteiger partial charge in [-0.25, -0.2) is 0 Å². The molecule has 0 amide bonds. The molecule has 3 nitrogen and oxygen atoms in total. The van der Waals surface area contributed by atoms with Gasteiger partial charge in [0.1, 0.15) is 5.41 Å². The molecule has 0 N–H and O–H groups in total. The average Bonchev–Trinajstić information content (AvgIpc) is 2.67. The molecule has 0 aromatic carbocycles. The van der Waals surface area contributed by atoms with Crippen molar-refractivity contribution in [1.29, 1.82) is 5.26 Å². The van der Waals surface area contributed by atoms with Gasteiger partial charge in [-0.15, -0.1) is 0 Å². The first-order valence-corrected chi connectivity index (χ1v) is 4.70. The SMILES string of the molecule is Cc1cccc(C2(C#N)CCOC2)n1. The van der Waals surface area contributed by atoms with E-state index in [0.29, 0.717) is 13.2 Å². The summed E-state index contributed by atoms with van der Waals surface area (Å²) in [5.41, 5.74) is 1.29. The Morgan fingerprint density at radius 3 is 3.00 bits per heavy atom. The van der Waals surface area contributed by atoms with Crippen LogP contribution in [0.1, 0.15) is 17.8 Å². The van der Waals surface area contributed by atoms with E-state index in [1.807, 2.05) is 25.1 Å². The van der Waals surface area contributed by atoms with Gasteiger partial charge in [0, 0.05) is 12.3 Å². The molecule has 1 aromatic heterocycles. The molecule has 1 atom stereocenters. The van der Waals surface area contributed by atoms with Crippen LogP contribution in [0.5, 0.6) is 0 Å². The summed E-state index contributed by atoms with van der Waals surface area (Å²) in [6.07, 6.45) is 0.750. The lowest BCUT2D eigenvalue weighted by molar-refractivity contribution is 0.186. The second kappa shape index (κ2) is 3.39. The molecular formula is C11H12N2O. The third-order valence-corrected chi connectivity index (χ3v) is 2.61. The molecule has 1 unspecified atom stereocenters. The maximum Gasteiger partial charge on any atom is 0.125 e. The fourth-order valence-corrected chi connectivity index (χ4v) is 1.72. The van der Waals surface area contributed by atoms with E-state index in [-0.39, 0.29) is 0 Å². The molecule has 0 radical (unpaired) electrons. The molecule has 14 heavy (non-hydrogen) atoms. The Balaban J connectivity index is 2.42. The third-order valence-electron chi connectivity index (χ3n) is 2.61. The number of hydrogen-bond acceptors (Lipinski definition) is 3. The van der Waals surface area contributed by atoms with Crippen LogP contribution in [-0.4, -0.2) is 18.2 Å². The number of aryl methyl sites for hydroxylation is 1. The molecule has 72 valence electrons. The van der Waals surface area contributed by atoms with Gasteiger partial charge in [0.05, 0.1) is 18.4 Å². The number of hydrogen-bond donors (Lipinski definition) is 0. The van der Waals surface area contributed by atoms with E-state index < -0.39 is 5.41 Å². The lowest BCUT2D eigenvalue weighted by Gasteiger charge is -2.17. The lowest BCUT2D eigenvalue weighted by atomic mass is 9.85. The fraction of sp³-hybridized carbons (Fsp3) is 0.455. The first-order chi connectivity index (χ1) is 6.77. The Bertz CT molecular complexity index is 375. The van der Waals surface area contributed by atoms with Crippen molar-refractivity contribution < 1.29 is 4.74 Å². The summed E-state index contributed by atoms with van der Waals surface area (Å²) < 4.78 is 5.28. The van der Waals surface area contributed by atoms with Crippen LogP contribution in [0.25, 0.3) is 0 Å². The van der Waals surface area contributed by atoms with Crippen LogP contribution in [0.3, 0.4) is 0 Å². The average molecular weight is 188 g/mol. The fourth-order valence-electron chi connectivity index (χ4n) is 1.72. The number of rotatable bonds is 1. The molecule has 3 heteroatoms. The largest absolute Gasteiger partial charge is 0.379 e. The van der Waals surface area contributed by atoms with Crippen molar-refractivity contribution in [2.24, 2.45) is 0 Å². The summed E-state index contributed by atoms with van der Waals surface area (Å²) in [6.45, 7) is 3.06. The van der Waals surface area contributed by atoms with Crippen molar-refractivity contribution in [2.45, 2.75) is 18.8 Å². The van der Waals surface area contributed by atoms with Crippen molar-refractivity contribution in [3.63, 3.8) is 0 Å². The standard InChI is InChI=1S/C11H12N2O/c1-9-3-2-4-10(13-9)11(7-12)5-6-14-8-11/h2-4H,5-6,8H2,1H3. The Hall–Kier alpha value is -1.40. The zero-order valence-electron chi connectivity index (χ0n) is 8.16. The topological polar surface area (TPSA) is 45.9 Å². The van der Waals surface area contributed by atoms with Crippen LogP contribution in [0, 0.1) is 18.3 Å². The molecule has 1 fully saturated rings. The van der Waals surface area contributed by atoms with Crippen LogP contribution >= 0.6 is 0 Å². The maximum atomic E-state index is 9.19. The molecule has 0 saturated carbocycles. The summed E-state index contributed by atoms with van der Waals surface area (Å²) in [7, 11) is 0. The number of aromatic nitrogens is 1. The Labute approximate surface area is 83.3 Å². The number of nitriles is 1. The van der Waals surface area contributed by atoms with E-state index in [2.05, 4.69) is 11.1 Å². The molecule has 0 aliphatic carbocycles. The van der Waals surface area contributed by atoms with Crippen molar-refractivity contribution in [2.75, 3.05) is 13.2 Å². The van der Waals surface area contributed by atoms with Crippen LogP contribution in [0.2, 0.25) is 0 Å². The van der Waals surface area contributed by atoms with E-state index in [1.54, 1.807) is 0 Å². The molecule has 1 aliphatic rings. The summed E-state index contributed by atoms with van der Waals surface area (Å²) >= 11 is 0. The van der Waals surface area contributed by atoms with Crippen LogP contribution < -0.4 is 0 Å². The minimum Gasteiger partial charge on any atom is -0.379 e. The highest BCUT2D eigenvalue weighted by Crippen LogP contribution is 2.31. The molecule has 1 aromatic rings. The monoisotopic (exact) mass is 188 g/mol. The minimum atomic E-state index is -0.508. The van der Waals surface area contributed by atoms with E-state index >= 15 is 0 Å². The number of pyridine rings is 1. The quantitative estimate of drug-likeness (QED) is 0.672. The lowest BCUT2D eigenvalue weighted by Crippen LogP contribution is -2.25. The Kier molecular flexibility index (Phi) is 2.22. The Morgan fingerprint density at radius 1 is 1.57 bits per heavy atom. The van der Waals surface area contributed by atoms with E-state index in [1.165, 1.54) is 0 Å². The van der Waals surface area contributed by atoms with Crippen LogP contribution in [0.4, 0.5) is 0 Å². The minimum absolute atomic E-state index is 0.472. The molecule has 2 heterocycles. The number of nitrogens with zero attached hydrogens (tertiary/aromatic N) is 2. The van der Waals surface area contributed by atoms with Crippen LogP contribution in [-0.2, 0) is 10.2 Å². The highest BCUT2D eigenvalue weighted by atomic mass is 16.5. The van der Waals surface area contributed by atoms with Gasteiger partial charge in [-0.1, -0.05) is 6.07 Å². The molecule has 1 saturated heterocycles. The van der Waals surface area contributed by atoms with Crippen molar-refractivity contribution in [3.8, 4) is 6.07 Å². The van der Waals surface area contributed by atoms with Gasteiger partial charge >= 0.3 is 0 Å². The van der Waals surface area contributed by atoms with Gasteiger partial charge in [0.25, 0.3) is 0 Å². The van der Waals surface area contributed by atoms with Gasteiger partial charge < -0.3 is 4.74 Å². The van der Waals surface area contributed by atoms with Gasteiger partial charge in [0.15, 0.2) is 0 Å². The molecule has 2 rings (SSSR count). The number of ether oxygens (including phenoxy) is 1. The second-order valence-corrected chi connectivity index (χ2v) is 3.66. The van der Waals surface area contributed by atoms with E-state index in [4.69, 9.17) is 4.74 Å². The predicted octanol–water partition coefficient (Wildman–Crippen LogP) is 1.57. The summed E-state index contributed by atoms with van der Waals surface area (Å²) in [5.74, 6) is 0. The van der Waals surface area contributed by atoms with Gasteiger partial charge in [-0.05, 0) is 25.5 Å². The molecular weight excluding hydrogens is 176 g/mol. The summed E-state index contributed by atoms with van der Waals surface area (Å²) in [4.78, 5) is 4.40. The van der Waals surface area contributed by atoms with Crippen molar-refractivity contribution in [3.05, 3.63) is 29.6 Å². The summed E-state index contributed by atoms with van der Waals surface area (Å²) in [6, 6.07) is 8.12. The normalized spacial score (nSPS) is 26.0. The predicted molar refractivity (Wildman–Crippen MR) is 51.7 cm³/mol. The van der Waals surface area contributed by atoms with E-state index in [0.717, 1.165) is 17.8 Å². The zero-order chi connectivity index (χ0) is 10.0. The van der Waals surface area contributed by atoms with Crippen LogP contribution in [0.15, 0.2) is 18.2 Å². The van der Waals surface area contributed by atoms with E-state index in [9.17, 15) is 5.26 Å². The molecule has 0 spiro atoms. The van der Waals surface area contributed by atoms with Crippen molar-refractivity contribution >= 4 is 0 Å². The maximum absolute atomic E-state index is 9.19. The van der Waals surface area contributed by atoms with Gasteiger partial charge in [-0.2, -0.15) is 5.26 Å². The molecule has 0 bridgehead atoms. The third kappa shape index (κ3) is 1.38.